The fourth-order valence-electron chi connectivity index (χ4n) is 1.39. The summed E-state index contributed by atoms with van der Waals surface area (Å²) < 4.78 is 32.2. The second kappa shape index (κ2) is 5.67. The lowest BCUT2D eigenvalue weighted by Gasteiger charge is -2.09. The largest absolute Gasteiger partial charge is 0.488 e. The Bertz CT molecular complexity index is 523. The highest BCUT2D eigenvalue weighted by atomic mass is 79.9. The molecule has 2 aromatic rings. The summed E-state index contributed by atoms with van der Waals surface area (Å²) in [5, 5.41) is 0.333. The highest BCUT2D eigenvalue weighted by Gasteiger charge is 2.06. The van der Waals surface area contributed by atoms with Gasteiger partial charge in [0.25, 0.3) is 0 Å². The molecule has 0 aliphatic heterocycles. The van der Waals surface area contributed by atoms with Crippen LogP contribution in [0.1, 0.15) is 5.56 Å². The van der Waals surface area contributed by atoms with Crippen molar-refractivity contribution in [1.29, 1.82) is 0 Å². The topological polar surface area (TPSA) is 9.23 Å². The molecule has 94 valence electrons. The van der Waals surface area contributed by atoms with Crippen molar-refractivity contribution in [3.8, 4) is 5.75 Å². The molecule has 0 aliphatic carbocycles. The van der Waals surface area contributed by atoms with Gasteiger partial charge < -0.3 is 4.74 Å². The first-order valence-corrected chi connectivity index (χ1v) is 6.25. The smallest absolute Gasteiger partial charge is 0.134 e. The van der Waals surface area contributed by atoms with Gasteiger partial charge in [-0.1, -0.05) is 17.7 Å². The van der Waals surface area contributed by atoms with Gasteiger partial charge >= 0.3 is 0 Å². The lowest BCUT2D eigenvalue weighted by Crippen LogP contribution is -1.99. The monoisotopic (exact) mass is 332 g/mol. The van der Waals surface area contributed by atoms with Crippen molar-refractivity contribution in [3.05, 3.63) is 63.1 Å². The van der Waals surface area contributed by atoms with Gasteiger partial charge in [0.15, 0.2) is 0 Å². The molecule has 1 nitrogen and oxygen atoms in total. The molecular formula is C13H8BrClF2O. The first-order valence-electron chi connectivity index (χ1n) is 5.08. The van der Waals surface area contributed by atoms with Gasteiger partial charge in [-0.2, -0.15) is 0 Å². The molecule has 2 aromatic carbocycles. The summed E-state index contributed by atoms with van der Waals surface area (Å²) in [4.78, 5) is 0. The number of hydrogen-bond acceptors (Lipinski definition) is 1. The van der Waals surface area contributed by atoms with Crippen molar-refractivity contribution in [2.75, 3.05) is 0 Å². The highest BCUT2D eigenvalue weighted by Crippen LogP contribution is 2.26. The van der Waals surface area contributed by atoms with Crippen LogP contribution in [0.3, 0.4) is 0 Å². The normalized spacial score (nSPS) is 10.4. The van der Waals surface area contributed by atoms with E-state index in [4.69, 9.17) is 16.3 Å². The lowest BCUT2D eigenvalue weighted by atomic mass is 10.2. The van der Waals surface area contributed by atoms with E-state index in [9.17, 15) is 8.78 Å². The molecular weight excluding hydrogens is 325 g/mol. The van der Waals surface area contributed by atoms with Gasteiger partial charge in [0.2, 0.25) is 0 Å². The molecule has 0 amide bonds. The average molecular weight is 334 g/mol. The zero-order chi connectivity index (χ0) is 13.1. The van der Waals surface area contributed by atoms with Crippen molar-refractivity contribution in [2.45, 2.75) is 6.61 Å². The Morgan fingerprint density at radius 2 is 1.89 bits per heavy atom. The maximum atomic E-state index is 13.5. The van der Waals surface area contributed by atoms with Crippen LogP contribution in [-0.4, -0.2) is 0 Å². The van der Waals surface area contributed by atoms with Gasteiger partial charge in [0.1, 0.15) is 24.0 Å². The number of rotatable bonds is 3. The third kappa shape index (κ3) is 3.21. The summed E-state index contributed by atoms with van der Waals surface area (Å²) in [6.45, 7) is 0.0488. The summed E-state index contributed by atoms with van der Waals surface area (Å²) in [6.07, 6.45) is 0. The molecule has 0 radical (unpaired) electrons. The van der Waals surface area contributed by atoms with E-state index in [1.807, 2.05) is 0 Å². The minimum atomic E-state index is -0.430. The molecule has 0 fully saturated rings. The Labute approximate surface area is 116 Å². The molecule has 0 saturated heterocycles. The van der Waals surface area contributed by atoms with Gasteiger partial charge in [-0.25, -0.2) is 8.78 Å². The average Bonchev–Trinajstić information content (AvgIpc) is 2.30. The summed E-state index contributed by atoms with van der Waals surface area (Å²) in [6, 6.07) is 8.40. The van der Waals surface area contributed by atoms with E-state index in [2.05, 4.69) is 15.9 Å². The zero-order valence-electron chi connectivity index (χ0n) is 9.09. The predicted octanol–water partition coefficient (Wildman–Crippen LogP) is 4.96. The van der Waals surface area contributed by atoms with Gasteiger partial charge in [-0.05, 0) is 46.3 Å². The van der Waals surface area contributed by atoms with Crippen LogP contribution >= 0.6 is 27.5 Å². The molecule has 5 heteroatoms. The molecule has 0 spiro atoms. The van der Waals surface area contributed by atoms with E-state index in [1.165, 1.54) is 24.3 Å². The number of hydrogen-bond donors (Lipinski definition) is 0. The number of ether oxygens (including phenoxy) is 1. The van der Waals surface area contributed by atoms with Crippen molar-refractivity contribution in [1.82, 2.24) is 0 Å². The summed E-state index contributed by atoms with van der Waals surface area (Å²) in [5.74, 6) is -0.349. The van der Waals surface area contributed by atoms with E-state index in [-0.39, 0.29) is 12.4 Å². The third-order valence-corrected chi connectivity index (χ3v) is 3.15. The Kier molecular flexibility index (Phi) is 4.19. The van der Waals surface area contributed by atoms with E-state index in [0.717, 1.165) is 0 Å². The van der Waals surface area contributed by atoms with Crippen LogP contribution in [0.2, 0.25) is 5.02 Å². The Hall–Kier alpha value is -1.13. The van der Waals surface area contributed by atoms with Crippen LogP contribution in [0.25, 0.3) is 0 Å². The van der Waals surface area contributed by atoms with Gasteiger partial charge in [-0.15, -0.1) is 0 Å². The van der Waals surface area contributed by atoms with Crippen LogP contribution < -0.4 is 4.74 Å². The van der Waals surface area contributed by atoms with Gasteiger partial charge in [0, 0.05) is 10.6 Å². The quantitative estimate of drug-likeness (QED) is 0.771. The second-order valence-corrected chi connectivity index (χ2v) is 4.89. The molecule has 0 aliphatic rings. The lowest BCUT2D eigenvalue weighted by molar-refractivity contribution is 0.297. The molecule has 0 saturated carbocycles. The SMILES string of the molecule is Fc1ccc(OCc2ccc(Cl)cc2F)c(Br)c1. The standard InChI is InChI=1S/C13H8BrClF2O/c14-11-6-10(16)3-4-13(11)18-7-8-1-2-9(15)5-12(8)17/h1-6H,7H2. The minimum absolute atomic E-state index is 0.0488. The van der Waals surface area contributed by atoms with Gasteiger partial charge in [-0.3, -0.25) is 0 Å². The fraction of sp³-hybridized carbons (Fsp3) is 0.0769. The summed E-state index contributed by atoms with van der Waals surface area (Å²) in [5.41, 5.74) is 0.385. The van der Waals surface area contributed by atoms with E-state index in [1.54, 1.807) is 12.1 Å². The van der Waals surface area contributed by atoms with Crippen LogP contribution in [0.5, 0.6) is 5.75 Å². The van der Waals surface area contributed by atoms with Crippen LogP contribution in [0, 0.1) is 11.6 Å². The van der Waals surface area contributed by atoms with Crippen LogP contribution in [-0.2, 0) is 6.61 Å². The molecule has 2 rings (SSSR count). The minimum Gasteiger partial charge on any atom is -0.488 e. The molecule has 0 bridgehead atoms. The van der Waals surface area contributed by atoms with Gasteiger partial charge in [0.05, 0.1) is 4.47 Å². The van der Waals surface area contributed by atoms with E-state index in [0.29, 0.717) is 20.8 Å². The maximum Gasteiger partial charge on any atom is 0.134 e. The van der Waals surface area contributed by atoms with E-state index < -0.39 is 5.82 Å². The van der Waals surface area contributed by atoms with Crippen LogP contribution in [0.4, 0.5) is 8.78 Å². The molecule has 0 atom stereocenters. The molecule has 0 aromatic heterocycles. The third-order valence-electron chi connectivity index (χ3n) is 2.29. The molecule has 0 unspecified atom stereocenters. The first-order chi connectivity index (χ1) is 8.56. The number of benzene rings is 2. The Morgan fingerprint density at radius 3 is 2.56 bits per heavy atom. The molecule has 0 N–H and O–H groups in total. The predicted molar refractivity (Wildman–Crippen MR) is 69.8 cm³/mol. The summed E-state index contributed by atoms with van der Waals surface area (Å²) >= 11 is 8.82. The Balaban J connectivity index is 2.11. The van der Waals surface area contributed by atoms with Crippen molar-refractivity contribution in [3.63, 3.8) is 0 Å². The van der Waals surface area contributed by atoms with E-state index >= 15 is 0 Å². The molecule has 0 heterocycles. The Morgan fingerprint density at radius 1 is 1.11 bits per heavy atom. The van der Waals surface area contributed by atoms with Crippen molar-refractivity contribution >= 4 is 27.5 Å². The van der Waals surface area contributed by atoms with Crippen molar-refractivity contribution in [2.24, 2.45) is 0 Å². The maximum absolute atomic E-state index is 13.5. The van der Waals surface area contributed by atoms with Crippen molar-refractivity contribution < 1.29 is 13.5 Å². The van der Waals surface area contributed by atoms with Crippen LogP contribution in [0.15, 0.2) is 40.9 Å². The second-order valence-electron chi connectivity index (χ2n) is 3.60. The summed E-state index contributed by atoms with van der Waals surface area (Å²) in [7, 11) is 0. The molecule has 18 heavy (non-hydrogen) atoms. The number of halogens is 4. The zero-order valence-corrected chi connectivity index (χ0v) is 11.4. The first kappa shape index (κ1) is 13.3. The fourth-order valence-corrected chi connectivity index (χ4v) is 2.01. The highest BCUT2D eigenvalue weighted by molar-refractivity contribution is 9.10.